The van der Waals surface area contributed by atoms with Gasteiger partial charge in [0.1, 0.15) is 11.0 Å². The maximum atomic E-state index is 13.2. The van der Waals surface area contributed by atoms with Crippen molar-refractivity contribution in [3.63, 3.8) is 0 Å². The van der Waals surface area contributed by atoms with E-state index in [4.69, 9.17) is 0 Å². The van der Waals surface area contributed by atoms with Crippen LogP contribution >= 0.6 is 11.3 Å². The van der Waals surface area contributed by atoms with Crippen LogP contribution in [0, 0.1) is 0 Å². The van der Waals surface area contributed by atoms with Gasteiger partial charge in [-0.25, -0.2) is 4.98 Å². The largest absolute Gasteiger partial charge is 0.370 e. The lowest BCUT2D eigenvalue weighted by molar-refractivity contribution is 0.334. The molecular formula is C23H29N5OS. The minimum Gasteiger partial charge on any atom is -0.370 e. The summed E-state index contributed by atoms with van der Waals surface area (Å²) in [7, 11) is 2.18. The second kappa shape index (κ2) is 8.49. The summed E-state index contributed by atoms with van der Waals surface area (Å²) in [6.45, 7) is 7.60. The quantitative estimate of drug-likeness (QED) is 0.645. The Hall–Kier alpha value is -2.22. The zero-order valence-electron chi connectivity index (χ0n) is 17.6. The van der Waals surface area contributed by atoms with Gasteiger partial charge in [-0.1, -0.05) is 0 Å². The Morgan fingerprint density at radius 3 is 2.50 bits per heavy atom. The summed E-state index contributed by atoms with van der Waals surface area (Å²) >= 11 is 1.60. The van der Waals surface area contributed by atoms with E-state index in [9.17, 15) is 4.79 Å². The zero-order valence-corrected chi connectivity index (χ0v) is 18.4. The first-order valence-corrected chi connectivity index (χ1v) is 11.8. The molecule has 7 heteroatoms. The maximum absolute atomic E-state index is 13.2. The fraction of sp³-hybridized carbons (Fsp3) is 0.478. The number of benzene rings is 1. The summed E-state index contributed by atoms with van der Waals surface area (Å²) in [6.07, 6.45) is 5.41. The van der Waals surface area contributed by atoms with Crippen molar-refractivity contribution in [2.45, 2.75) is 25.8 Å². The molecule has 2 fully saturated rings. The number of fused-ring (bicyclic) bond motifs is 1. The summed E-state index contributed by atoms with van der Waals surface area (Å²) in [5.74, 6) is 0. The van der Waals surface area contributed by atoms with Gasteiger partial charge in [0.15, 0.2) is 0 Å². The van der Waals surface area contributed by atoms with Crippen molar-refractivity contribution in [1.82, 2.24) is 19.4 Å². The minimum atomic E-state index is 0.0295. The lowest BCUT2D eigenvalue weighted by Gasteiger charge is -2.23. The van der Waals surface area contributed by atoms with Crippen LogP contribution in [-0.4, -0.2) is 65.7 Å². The summed E-state index contributed by atoms with van der Waals surface area (Å²) < 4.78 is 2.43. The third kappa shape index (κ3) is 4.02. The van der Waals surface area contributed by atoms with Crippen molar-refractivity contribution in [3.05, 3.63) is 51.9 Å². The normalized spacial score (nSPS) is 18.9. The van der Waals surface area contributed by atoms with Crippen molar-refractivity contribution in [3.8, 4) is 5.69 Å². The highest BCUT2D eigenvalue weighted by molar-refractivity contribution is 7.18. The smallest absolute Gasteiger partial charge is 0.275 e. The first-order chi connectivity index (χ1) is 14.7. The number of aromatic nitrogens is 2. The number of anilines is 1. The number of likely N-dealkylation sites (N-methyl/N-ethyl adjacent to an activating group) is 1. The van der Waals surface area contributed by atoms with Crippen LogP contribution in [0.25, 0.3) is 15.9 Å². The summed E-state index contributed by atoms with van der Waals surface area (Å²) in [6, 6.07) is 10.4. The molecule has 0 aliphatic carbocycles. The Kier molecular flexibility index (Phi) is 5.58. The van der Waals surface area contributed by atoms with Gasteiger partial charge < -0.3 is 9.80 Å². The average molecular weight is 424 g/mol. The molecule has 4 heterocycles. The molecule has 0 N–H and O–H groups in total. The van der Waals surface area contributed by atoms with Crippen LogP contribution in [0.15, 0.2) is 41.5 Å². The monoisotopic (exact) mass is 423 g/mol. The molecule has 6 nitrogen and oxygen atoms in total. The molecule has 2 aliphatic rings. The first kappa shape index (κ1) is 19.7. The van der Waals surface area contributed by atoms with E-state index in [1.807, 2.05) is 12.1 Å². The van der Waals surface area contributed by atoms with Crippen molar-refractivity contribution >= 4 is 27.2 Å². The van der Waals surface area contributed by atoms with Crippen LogP contribution in [0.4, 0.5) is 5.69 Å². The Morgan fingerprint density at radius 1 is 0.933 bits per heavy atom. The molecule has 0 atom stereocenters. The number of hydrogen-bond donors (Lipinski definition) is 0. The second-order valence-electron chi connectivity index (χ2n) is 8.49. The van der Waals surface area contributed by atoms with E-state index in [2.05, 4.69) is 44.9 Å². The third-order valence-corrected chi connectivity index (χ3v) is 7.38. The number of likely N-dealkylation sites (tertiary alicyclic amines) is 1. The summed E-state index contributed by atoms with van der Waals surface area (Å²) in [4.78, 5) is 26.2. The fourth-order valence-corrected chi connectivity index (χ4v) is 5.60. The van der Waals surface area contributed by atoms with E-state index >= 15 is 0 Å². The van der Waals surface area contributed by atoms with Gasteiger partial charge in [-0.05, 0) is 76.3 Å². The molecule has 5 rings (SSSR count). The lowest BCUT2D eigenvalue weighted by atomic mass is 10.2. The second-order valence-corrected chi connectivity index (χ2v) is 9.63. The van der Waals surface area contributed by atoms with Crippen LogP contribution in [-0.2, 0) is 6.54 Å². The topological polar surface area (TPSA) is 44.6 Å². The van der Waals surface area contributed by atoms with Gasteiger partial charge in [0.25, 0.3) is 5.56 Å². The fourth-order valence-electron chi connectivity index (χ4n) is 4.51. The molecule has 0 spiro atoms. The molecule has 2 saturated heterocycles. The van der Waals surface area contributed by atoms with Crippen LogP contribution in [0.3, 0.4) is 0 Å². The highest BCUT2D eigenvalue weighted by atomic mass is 32.1. The predicted octanol–water partition coefficient (Wildman–Crippen LogP) is 3.18. The van der Waals surface area contributed by atoms with Crippen molar-refractivity contribution in [2.24, 2.45) is 0 Å². The number of hydrogen-bond acceptors (Lipinski definition) is 6. The standard InChI is InChI=1S/C23H29N5OS/c1-25-9-4-12-27(14-13-25)18-5-7-19(8-6-18)28-17-24-21-15-20(30-22(21)23(28)29)16-26-10-2-3-11-26/h5-8,15,17H,2-4,9-14,16H2,1H3. The van der Waals surface area contributed by atoms with E-state index in [0.29, 0.717) is 0 Å². The Morgan fingerprint density at radius 2 is 1.70 bits per heavy atom. The van der Waals surface area contributed by atoms with Crippen molar-refractivity contribution in [1.29, 1.82) is 0 Å². The Balaban J connectivity index is 1.38. The van der Waals surface area contributed by atoms with E-state index in [1.54, 1.807) is 22.2 Å². The summed E-state index contributed by atoms with van der Waals surface area (Å²) in [5.41, 5.74) is 2.95. The van der Waals surface area contributed by atoms with E-state index in [1.165, 1.54) is 29.8 Å². The molecule has 2 aromatic heterocycles. The SMILES string of the molecule is CN1CCCN(c2ccc(-n3cnc4cc(CN5CCCC5)sc4c3=O)cc2)CC1. The first-order valence-electron chi connectivity index (χ1n) is 10.9. The molecule has 0 radical (unpaired) electrons. The highest BCUT2D eigenvalue weighted by Gasteiger charge is 2.16. The van der Waals surface area contributed by atoms with Crippen LogP contribution < -0.4 is 10.5 Å². The van der Waals surface area contributed by atoms with Crippen LogP contribution in [0.5, 0.6) is 0 Å². The van der Waals surface area contributed by atoms with E-state index < -0.39 is 0 Å². The van der Waals surface area contributed by atoms with E-state index in [0.717, 1.165) is 61.7 Å². The van der Waals surface area contributed by atoms with Gasteiger partial charge in [0, 0.05) is 36.7 Å². The van der Waals surface area contributed by atoms with Gasteiger partial charge >= 0.3 is 0 Å². The molecule has 0 bridgehead atoms. The third-order valence-electron chi connectivity index (χ3n) is 6.28. The number of thiophene rings is 1. The van der Waals surface area contributed by atoms with Gasteiger partial charge in [0.2, 0.25) is 0 Å². The molecule has 0 unspecified atom stereocenters. The Labute approximate surface area is 181 Å². The van der Waals surface area contributed by atoms with E-state index in [-0.39, 0.29) is 5.56 Å². The molecule has 1 aromatic carbocycles. The molecule has 0 saturated carbocycles. The molecular weight excluding hydrogens is 394 g/mol. The number of rotatable bonds is 4. The predicted molar refractivity (Wildman–Crippen MR) is 124 cm³/mol. The van der Waals surface area contributed by atoms with Gasteiger partial charge in [0.05, 0.1) is 11.2 Å². The average Bonchev–Trinajstić information content (AvgIpc) is 3.36. The van der Waals surface area contributed by atoms with Gasteiger partial charge in [-0.3, -0.25) is 14.3 Å². The molecule has 2 aliphatic heterocycles. The van der Waals surface area contributed by atoms with Gasteiger partial charge in [-0.15, -0.1) is 11.3 Å². The highest BCUT2D eigenvalue weighted by Crippen LogP contribution is 2.25. The Bertz CT molecular complexity index is 1070. The summed E-state index contributed by atoms with van der Waals surface area (Å²) in [5, 5.41) is 0. The lowest BCUT2D eigenvalue weighted by Crippen LogP contribution is -2.28. The van der Waals surface area contributed by atoms with Gasteiger partial charge in [-0.2, -0.15) is 0 Å². The number of nitrogens with zero attached hydrogens (tertiary/aromatic N) is 5. The maximum Gasteiger partial charge on any atom is 0.275 e. The van der Waals surface area contributed by atoms with Crippen LogP contribution in [0.2, 0.25) is 0 Å². The molecule has 158 valence electrons. The van der Waals surface area contributed by atoms with Crippen molar-refractivity contribution < 1.29 is 0 Å². The van der Waals surface area contributed by atoms with Crippen LogP contribution in [0.1, 0.15) is 24.1 Å². The minimum absolute atomic E-state index is 0.0295. The van der Waals surface area contributed by atoms with Crippen molar-refractivity contribution in [2.75, 3.05) is 51.2 Å². The molecule has 30 heavy (non-hydrogen) atoms. The molecule has 0 amide bonds. The zero-order chi connectivity index (χ0) is 20.5. The molecule has 3 aromatic rings.